The molecule has 0 radical (unpaired) electrons. The molecule has 4 N–H and O–H groups in total. The lowest BCUT2D eigenvalue weighted by molar-refractivity contribution is -0.122. The second-order valence-corrected chi connectivity index (χ2v) is 4.13. The lowest BCUT2D eigenvalue weighted by Crippen LogP contribution is -2.42. The molecule has 1 unspecified atom stereocenters. The van der Waals surface area contributed by atoms with E-state index in [2.05, 4.69) is 20.6 Å². The van der Waals surface area contributed by atoms with Crippen LogP contribution in [-0.2, 0) is 11.2 Å². The summed E-state index contributed by atoms with van der Waals surface area (Å²) in [4.78, 5) is 19.5. The van der Waals surface area contributed by atoms with Crippen molar-refractivity contribution in [2.75, 3.05) is 17.6 Å². The van der Waals surface area contributed by atoms with Gasteiger partial charge in [-0.1, -0.05) is 6.92 Å². The number of carbonyl (C=O) groups is 1. The molecule has 1 atom stereocenters. The lowest BCUT2D eigenvalue weighted by atomic mass is 10.1. The third-order valence-corrected chi connectivity index (χ3v) is 2.73. The van der Waals surface area contributed by atoms with Crippen molar-refractivity contribution in [2.24, 2.45) is 0 Å². The molecule has 1 aliphatic rings. The summed E-state index contributed by atoms with van der Waals surface area (Å²) in [5, 5.41) is 6.09. The third-order valence-electron chi connectivity index (χ3n) is 2.73. The molecule has 1 aromatic heterocycles. The van der Waals surface area contributed by atoms with E-state index in [1.807, 2.05) is 6.92 Å². The monoisotopic (exact) mass is 235 g/mol. The molecule has 0 spiro atoms. The molecule has 1 aromatic rings. The van der Waals surface area contributed by atoms with E-state index in [0.29, 0.717) is 18.8 Å². The zero-order valence-electron chi connectivity index (χ0n) is 9.86. The van der Waals surface area contributed by atoms with E-state index in [4.69, 9.17) is 5.73 Å². The normalized spacial score (nSPS) is 19.8. The Labute approximate surface area is 100 Å². The van der Waals surface area contributed by atoms with Gasteiger partial charge in [0.2, 0.25) is 5.91 Å². The maximum atomic E-state index is 11.0. The molecule has 2 heterocycles. The molecule has 0 aromatic carbocycles. The van der Waals surface area contributed by atoms with Gasteiger partial charge in [-0.15, -0.1) is 0 Å². The molecule has 6 nitrogen and oxygen atoms in total. The number of nitrogens with zero attached hydrogens (tertiary/aromatic N) is 2. The summed E-state index contributed by atoms with van der Waals surface area (Å²) in [6.07, 6.45) is 2.12. The highest BCUT2D eigenvalue weighted by atomic mass is 16.1. The van der Waals surface area contributed by atoms with Crippen molar-refractivity contribution < 1.29 is 4.79 Å². The molecule has 0 aliphatic carbocycles. The fourth-order valence-electron chi connectivity index (χ4n) is 1.81. The Morgan fingerprint density at radius 1 is 1.59 bits per heavy atom. The second kappa shape index (κ2) is 4.99. The van der Waals surface area contributed by atoms with E-state index in [0.717, 1.165) is 24.5 Å². The minimum Gasteiger partial charge on any atom is -0.384 e. The molecular formula is C11H17N5O. The molecule has 2 rings (SSSR count). The Kier molecular flexibility index (Phi) is 3.41. The Bertz CT molecular complexity index is 410. The van der Waals surface area contributed by atoms with Crippen LogP contribution in [0.4, 0.5) is 11.6 Å². The summed E-state index contributed by atoms with van der Waals surface area (Å²) >= 11 is 0. The van der Waals surface area contributed by atoms with Crippen LogP contribution < -0.4 is 16.4 Å². The topological polar surface area (TPSA) is 92.9 Å². The van der Waals surface area contributed by atoms with Gasteiger partial charge in [0.1, 0.15) is 17.5 Å². The summed E-state index contributed by atoms with van der Waals surface area (Å²) in [5.41, 5.74) is 5.70. The summed E-state index contributed by atoms with van der Waals surface area (Å²) in [7, 11) is 0. The van der Waals surface area contributed by atoms with E-state index in [9.17, 15) is 4.79 Å². The highest BCUT2D eigenvalue weighted by Gasteiger charge is 2.18. The van der Waals surface area contributed by atoms with Gasteiger partial charge in [0.25, 0.3) is 0 Å². The number of piperidine rings is 1. The summed E-state index contributed by atoms with van der Waals surface area (Å²) in [6, 6.07) is 1.93. The van der Waals surface area contributed by atoms with Crippen LogP contribution in [-0.4, -0.2) is 28.5 Å². The molecule has 6 heteroatoms. The minimum atomic E-state index is 0.111. The zero-order valence-corrected chi connectivity index (χ0v) is 9.86. The molecule has 1 amide bonds. The summed E-state index contributed by atoms with van der Waals surface area (Å²) in [5.74, 6) is 2.04. The highest BCUT2D eigenvalue weighted by Crippen LogP contribution is 2.13. The van der Waals surface area contributed by atoms with Crippen LogP contribution >= 0.6 is 0 Å². The Morgan fingerprint density at radius 3 is 3.06 bits per heavy atom. The van der Waals surface area contributed by atoms with Crippen molar-refractivity contribution in [2.45, 2.75) is 32.2 Å². The number of hydrogen-bond donors (Lipinski definition) is 3. The number of hydrogen-bond acceptors (Lipinski definition) is 5. The number of aryl methyl sites for hydroxylation is 1. The van der Waals surface area contributed by atoms with Gasteiger partial charge in [-0.05, 0) is 6.42 Å². The van der Waals surface area contributed by atoms with Gasteiger partial charge in [0.05, 0.1) is 0 Å². The molecule has 1 aliphatic heterocycles. The van der Waals surface area contributed by atoms with E-state index in [-0.39, 0.29) is 11.9 Å². The van der Waals surface area contributed by atoms with Crippen LogP contribution in [0.1, 0.15) is 25.6 Å². The maximum Gasteiger partial charge on any atom is 0.220 e. The number of nitrogens with one attached hydrogen (secondary N) is 2. The predicted octanol–water partition coefficient (Wildman–Crippen LogP) is 0.312. The average Bonchev–Trinajstić information content (AvgIpc) is 2.31. The van der Waals surface area contributed by atoms with Crippen LogP contribution in [0.3, 0.4) is 0 Å². The van der Waals surface area contributed by atoms with Crippen LogP contribution in [0, 0.1) is 0 Å². The summed E-state index contributed by atoms with van der Waals surface area (Å²) < 4.78 is 0. The quantitative estimate of drug-likeness (QED) is 0.701. The minimum absolute atomic E-state index is 0.111. The molecule has 0 saturated carbocycles. The smallest absolute Gasteiger partial charge is 0.220 e. The predicted molar refractivity (Wildman–Crippen MR) is 65.5 cm³/mol. The first-order chi connectivity index (χ1) is 8.17. The number of carbonyl (C=O) groups excluding carboxylic acids is 1. The number of rotatable bonds is 3. The lowest BCUT2D eigenvalue weighted by Gasteiger charge is -2.24. The standard InChI is InChI=1S/C11H17N5O/c1-2-9-15-8(12)5-10(16-9)14-7-3-4-11(17)13-6-7/h5,7H,2-4,6H2,1H3,(H,13,17)(H3,12,14,15,16). The molecule has 1 saturated heterocycles. The Balaban J connectivity index is 2.02. The van der Waals surface area contributed by atoms with Crippen LogP contribution in [0.2, 0.25) is 0 Å². The van der Waals surface area contributed by atoms with Gasteiger partial charge in [-0.3, -0.25) is 4.79 Å². The van der Waals surface area contributed by atoms with Gasteiger partial charge in [0, 0.05) is 31.5 Å². The van der Waals surface area contributed by atoms with Gasteiger partial charge in [-0.25, -0.2) is 9.97 Å². The Morgan fingerprint density at radius 2 is 2.41 bits per heavy atom. The van der Waals surface area contributed by atoms with Gasteiger partial charge >= 0.3 is 0 Å². The summed E-state index contributed by atoms with van der Waals surface area (Å²) in [6.45, 7) is 2.61. The van der Waals surface area contributed by atoms with Crippen LogP contribution in [0.15, 0.2) is 6.07 Å². The fraction of sp³-hybridized carbons (Fsp3) is 0.545. The van der Waals surface area contributed by atoms with Crippen molar-refractivity contribution in [3.63, 3.8) is 0 Å². The Hall–Kier alpha value is -1.85. The SMILES string of the molecule is CCc1nc(N)cc(NC2CCC(=O)NC2)n1. The van der Waals surface area contributed by atoms with Gasteiger partial charge in [-0.2, -0.15) is 0 Å². The largest absolute Gasteiger partial charge is 0.384 e. The van der Waals surface area contributed by atoms with Crippen molar-refractivity contribution in [3.8, 4) is 0 Å². The van der Waals surface area contributed by atoms with E-state index in [1.165, 1.54) is 0 Å². The number of amides is 1. The second-order valence-electron chi connectivity index (χ2n) is 4.13. The number of nitrogens with two attached hydrogens (primary N) is 1. The molecule has 17 heavy (non-hydrogen) atoms. The van der Waals surface area contributed by atoms with Crippen LogP contribution in [0.5, 0.6) is 0 Å². The van der Waals surface area contributed by atoms with E-state index < -0.39 is 0 Å². The number of anilines is 2. The van der Waals surface area contributed by atoms with Crippen molar-refractivity contribution in [3.05, 3.63) is 11.9 Å². The third kappa shape index (κ3) is 3.05. The van der Waals surface area contributed by atoms with Gasteiger partial charge < -0.3 is 16.4 Å². The van der Waals surface area contributed by atoms with Crippen molar-refractivity contribution >= 4 is 17.5 Å². The molecule has 1 fully saturated rings. The van der Waals surface area contributed by atoms with Crippen molar-refractivity contribution in [1.82, 2.24) is 15.3 Å². The first kappa shape index (κ1) is 11.6. The van der Waals surface area contributed by atoms with E-state index >= 15 is 0 Å². The first-order valence-corrected chi connectivity index (χ1v) is 5.84. The maximum absolute atomic E-state index is 11.0. The molecule has 0 bridgehead atoms. The first-order valence-electron chi connectivity index (χ1n) is 5.84. The highest BCUT2D eigenvalue weighted by molar-refractivity contribution is 5.77. The number of nitrogen functional groups attached to an aromatic ring is 1. The molecule has 92 valence electrons. The zero-order chi connectivity index (χ0) is 12.3. The fourth-order valence-corrected chi connectivity index (χ4v) is 1.81. The van der Waals surface area contributed by atoms with Crippen molar-refractivity contribution in [1.29, 1.82) is 0 Å². The van der Waals surface area contributed by atoms with Gasteiger partial charge in [0.15, 0.2) is 0 Å². The van der Waals surface area contributed by atoms with E-state index in [1.54, 1.807) is 6.07 Å². The number of aromatic nitrogens is 2. The van der Waals surface area contributed by atoms with Crippen LogP contribution in [0.25, 0.3) is 0 Å². The average molecular weight is 235 g/mol. The molecular weight excluding hydrogens is 218 g/mol.